The van der Waals surface area contributed by atoms with E-state index in [0.29, 0.717) is 6.04 Å². The summed E-state index contributed by atoms with van der Waals surface area (Å²) >= 11 is 1.88. The number of hydrogen-bond acceptors (Lipinski definition) is 4. The average Bonchev–Trinajstić information content (AvgIpc) is 2.48. The maximum atomic E-state index is 5.54. The molecule has 0 saturated carbocycles. The van der Waals surface area contributed by atoms with Crippen molar-refractivity contribution in [3.8, 4) is 5.75 Å². The van der Waals surface area contributed by atoms with Crippen molar-refractivity contribution in [3.05, 3.63) is 23.8 Å². The smallest absolute Gasteiger partial charge is 0.124 e. The Labute approximate surface area is 127 Å². The number of thioether (sulfide) groups is 1. The van der Waals surface area contributed by atoms with E-state index in [4.69, 9.17) is 9.47 Å². The first-order chi connectivity index (χ1) is 9.74. The van der Waals surface area contributed by atoms with E-state index in [2.05, 4.69) is 31.3 Å². The van der Waals surface area contributed by atoms with Gasteiger partial charge in [-0.3, -0.25) is 0 Å². The number of ether oxygens (including phenoxy) is 2. The predicted molar refractivity (Wildman–Crippen MR) is 86.9 cm³/mol. The van der Waals surface area contributed by atoms with Crippen molar-refractivity contribution in [1.29, 1.82) is 0 Å². The molecule has 0 heterocycles. The third kappa shape index (κ3) is 5.35. The quantitative estimate of drug-likeness (QED) is 0.524. The second-order valence-corrected chi connectivity index (χ2v) is 5.88. The molecule has 1 atom stereocenters. The molecule has 1 aromatic rings. The molecule has 0 aromatic heterocycles. The van der Waals surface area contributed by atoms with Crippen LogP contribution in [0.1, 0.15) is 38.3 Å². The Kier molecular flexibility index (Phi) is 8.74. The standard InChI is InChI=1S/C16H27NO2S/c1-5-10-17-13(2)16-14(19-4)8-6-9-15(16)20-12-7-11-18-3/h6,8-9,13,17H,5,7,10-12H2,1-4H3. The summed E-state index contributed by atoms with van der Waals surface area (Å²) in [6.45, 7) is 6.22. The Morgan fingerprint density at radius 2 is 2.10 bits per heavy atom. The van der Waals surface area contributed by atoms with Gasteiger partial charge in [-0.1, -0.05) is 13.0 Å². The molecule has 0 aliphatic rings. The van der Waals surface area contributed by atoms with Crippen LogP contribution in [0.25, 0.3) is 0 Å². The van der Waals surface area contributed by atoms with Crippen LogP contribution in [-0.4, -0.2) is 33.1 Å². The first-order valence-electron chi connectivity index (χ1n) is 7.26. The first kappa shape index (κ1) is 17.3. The zero-order chi connectivity index (χ0) is 14.8. The van der Waals surface area contributed by atoms with Gasteiger partial charge in [0.05, 0.1) is 7.11 Å². The monoisotopic (exact) mass is 297 g/mol. The molecule has 0 spiro atoms. The second-order valence-electron chi connectivity index (χ2n) is 4.74. The maximum Gasteiger partial charge on any atom is 0.124 e. The van der Waals surface area contributed by atoms with Gasteiger partial charge in [-0.05, 0) is 38.4 Å². The van der Waals surface area contributed by atoms with Crippen molar-refractivity contribution in [1.82, 2.24) is 5.32 Å². The van der Waals surface area contributed by atoms with Gasteiger partial charge in [0.25, 0.3) is 0 Å². The van der Waals surface area contributed by atoms with Crippen molar-refractivity contribution in [2.45, 2.75) is 37.6 Å². The summed E-state index contributed by atoms with van der Waals surface area (Å²) in [6.07, 6.45) is 2.20. The van der Waals surface area contributed by atoms with Crippen LogP contribution >= 0.6 is 11.8 Å². The van der Waals surface area contributed by atoms with Gasteiger partial charge >= 0.3 is 0 Å². The Bertz CT molecular complexity index is 385. The van der Waals surface area contributed by atoms with Crippen molar-refractivity contribution < 1.29 is 9.47 Å². The fourth-order valence-electron chi connectivity index (χ4n) is 2.10. The van der Waals surface area contributed by atoms with Crippen molar-refractivity contribution in [3.63, 3.8) is 0 Å². The van der Waals surface area contributed by atoms with Crippen molar-refractivity contribution in [2.75, 3.05) is 33.1 Å². The van der Waals surface area contributed by atoms with Crippen LogP contribution < -0.4 is 10.1 Å². The first-order valence-corrected chi connectivity index (χ1v) is 8.25. The largest absolute Gasteiger partial charge is 0.496 e. The molecule has 1 N–H and O–H groups in total. The molecule has 3 nitrogen and oxygen atoms in total. The highest BCUT2D eigenvalue weighted by Gasteiger charge is 2.15. The van der Waals surface area contributed by atoms with E-state index < -0.39 is 0 Å². The molecule has 0 amide bonds. The minimum atomic E-state index is 0.302. The summed E-state index contributed by atoms with van der Waals surface area (Å²) in [6, 6.07) is 6.59. The van der Waals surface area contributed by atoms with Crippen molar-refractivity contribution >= 4 is 11.8 Å². The van der Waals surface area contributed by atoms with Gasteiger partial charge in [-0.15, -0.1) is 11.8 Å². The van der Waals surface area contributed by atoms with Gasteiger partial charge in [-0.2, -0.15) is 0 Å². The van der Waals surface area contributed by atoms with Crippen LogP contribution in [0.4, 0.5) is 0 Å². The molecule has 114 valence electrons. The van der Waals surface area contributed by atoms with Gasteiger partial charge in [0.2, 0.25) is 0 Å². The summed E-state index contributed by atoms with van der Waals surface area (Å²) in [4.78, 5) is 1.30. The van der Waals surface area contributed by atoms with E-state index in [1.54, 1.807) is 14.2 Å². The van der Waals surface area contributed by atoms with Crippen LogP contribution in [-0.2, 0) is 4.74 Å². The Morgan fingerprint density at radius 3 is 2.75 bits per heavy atom. The maximum absolute atomic E-state index is 5.54. The SMILES string of the molecule is CCCNC(C)c1c(OC)cccc1SCCCOC. The molecule has 0 radical (unpaired) electrons. The number of nitrogens with one attached hydrogen (secondary N) is 1. The van der Waals surface area contributed by atoms with Gasteiger partial charge in [0, 0.05) is 36.0 Å². The number of rotatable bonds is 10. The molecule has 20 heavy (non-hydrogen) atoms. The zero-order valence-electron chi connectivity index (χ0n) is 13.1. The summed E-state index contributed by atoms with van der Waals surface area (Å²) in [5, 5.41) is 3.55. The predicted octanol–water partition coefficient (Wildman–Crippen LogP) is 3.88. The summed E-state index contributed by atoms with van der Waals surface area (Å²) < 4.78 is 10.6. The molecule has 1 aromatic carbocycles. The van der Waals surface area contributed by atoms with Gasteiger partial charge < -0.3 is 14.8 Å². The molecule has 4 heteroatoms. The van der Waals surface area contributed by atoms with E-state index in [-0.39, 0.29) is 0 Å². The molecule has 1 unspecified atom stereocenters. The zero-order valence-corrected chi connectivity index (χ0v) is 13.9. The fraction of sp³-hybridized carbons (Fsp3) is 0.625. The van der Waals surface area contributed by atoms with E-state index in [1.807, 2.05) is 17.8 Å². The lowest BCUT2D eigenvalue weighted by Gasteiger charge is -2.20. The minimum absolute atomic E-state index is 0.302. The highest BCUT2D eigenvalue weighted by Crippen LogP contribution is 2.35. The minimum Gasteiger partial charge on any atom is -0.496 e. The summed E-state index contributed by atoms with van der Waals surface area (Å²) in [5.41, 5.74) is 1.27. The normalized spacial score (nSPS) is 12.4. The highest BCUT2D eigenvalue weighted by atomic mass is 32.2. The van der Waals surface area contributed by atoms with Gasteiger partial charge in [0.15, 0.2) is 0 Å². The Hall–Kier alpha value is -0.710. The third-order valence-corrected chi connectivity index (χ3v) is 4.29. The lowest BCUT2D eigenvalue weighted by atomic mass is 10.1. The molecule has 0 saturated heterocycles. The third-order valence-electron chi connectivity index (χ3n) is 3.13. The molecule has 0 bridgehead atoms. The Balaban J connectivity index is 2.80. The molecule has 0 aliphatic heterocycles. The van der Waals surface area contributed by atoms with Crippen LogP contribution in [0.2, 0.25) is 0 Å². The lowest BCUT2D eigenvalue weighted by molar-refractivity contribution is 0.200. The molecule has 1 rings (SSSR count). The molecule has 0 aliphatic carbocycles. The molecular weight excluding hydrogens is 270 g/mol. The van der Waals surface area contributed by atoms with E-state index in [9.17, 15) is 0 Å². The Morgan fingerprint density at radius 1 is 1.30 bits per heavy atom. The molecule has 0 fully saturated rings. The van der Waals surface area contributed by atoms with Gasteiger partial charge in [0.1, 0.15) is 5.75 Å². The average molecular weight is 297 g/mol. The summed E-state index contributed by atoms with van der Waals surface area (Å²) in [5.74, 6) is 2.03. The summed E-state index contributed by atoms with van der Waals surface area (Å²) in [7, 11) is 3.49. The lowest BCUT2D eigenvalue weighted by Crippen LogP contribution is -2.20. The fourth-order valence-corrected chi connectivity index (χ4v) is 3.19. The second kappa shape index (κ2) is 10.1. The van der Waals surface area contributed by atoms with Crippen LogP contribution in [0, 0.1) is 0 Å². The number of methoxy groups -OCH3 is 2. The molecular formula is C16H27NO2S. The van der Waals surface area contributed by atoms with Crippen LogP contribution in [0.3, 0.4) is 0 Å². The van der Waals surface area contributed by atoms with Crippen LogP contribution in [0.5, 0.6) is 5.75 Å². The van der Waals surface area contributed by atoms with Crippen molar-refractivity contribution in [2.24, 2.45) is 0 Å². The van der Waals surface area contributed by atoms with Gasteiger partial charge in [-0.25, -0.2) is 0 Å². The van der Waals surface area contributed by atoms with E-state index in [1.165, 1.54) is 10.5 Å². The highest BCUT2D eigenvalue weighted by molar-refractivity contribution is 7.99. The van der Waals surface area contributed by atoms with E-state index >= 15 is 0 Å². The van der Waals surface area contributed by atoms with E-state index in [0.717, 1.165) is 37.5 Å². The number of hydrogen-bond donors (Lipinski definition) is 1. The topological polar surface area (TPSA) is 30.5 Å². The van der Waals surface area contributed by atoms with Crippen LogP contribution in [0.15, 0.2) is 23.1 Å². The number of benzene rings is 1.